The minimum absolute atomic E-state index is 0.00132. The lowest BCUT2D eigenvalue weighted by Gasteiger charge is -2.12. The highest BCUT2D eigenvalue weighted by molar-refractivity contribution is 8.00. The first-order valence-electron chi connectivity index (χ1n) is 7.69. The standard InChI is InChI=1S/C16H13ClF3N3O2S2/c1-23-14(25)13-10(4-5-26-13)22-15(23)27-7-12(24)21-11-6-8(16(18,19)20)2-3-9(11)17/h2-3,6H,4-5,7H2,1H3,(H,21,24). The molecule has 0 spiro atoms. The molecule has 0 radical (unpaired) electrons. The van der Waals surface area contributed by atoms with Crippen molar-refractivity contribution < 1.29 is 18.0 Å². The van der Waals surface area contributed by atoms with Gasteiger partial charge in [0.2, 0.25) is 5.91 Å². The topological polar surface area (TPSA) is 64.0 Å². The number of aryl methyl sites for hydroxylation is 1. The van der Waals surface area contributed by atoms with Gasteiger partial charge in [0.1, 0.15) is 0 Å². The predicted octanol–water partition coefficient (Wildman–Crippen LogP) is 3.83. The van der Waals surface area contributed by atoms with Gasteiger partial charge in [-0.2, -0.15) is 13.2 Å². The van der Waals surface area contributed by atoms with Crippen molar-refractivity contribution in [2.24, 2.45) is 7.05 Å². The van der Waals surface area contributed by atoms with E-state index in [9.17, 15) is 22.8 Å². The third-order valence-electron chi connectivity index (χ3n) is 3.76. The molecule has 0 saturated carbocycles. The minimum Gasteiger partial charge on any atom is -0.324 e. The van der Waals surface area contributed by atoms with Gasteiger partial charge < -0.3 is 5.32 Å². The van der Waals surface area contributed by atoms with Crippen LogP contribution in [-0.2, 0) is 24.4 Å². The summed E-state index contributed by atoms with van der Waals surface area (Å²) in [7, 11) is 1.57. The molecule has 0 bridgehead atoms. The molecular formula is C16H13ClF3N3O2S2. The number of anilines is 1. The molecule has 11 heteroatoms. The fraction of sp³-hybridized carbons (Fsp3) is 0.312. The Morgan fingerprint density at radius 2 is 2.19 bits per heavy atom. The highest BCUT2D eigenvalue weighted by atomic mass is 35.5. The maximum Gasteiger partial charge on any atom is 0.416 e. The van der Waals surface area contributed by atoms with Crippen molar-refractivity contribution >= 4 is 46.7 Å². The van der Waals surface area contributed by atoms with Crippen molar-refractivity contribution in [3.63, 3.8) is 0 Å². The van der Waals surface area contributed by atoms with E-state index in [2.05, 4.69) is 10.3 Å². The number of halogens is 4. The number of hydrogen-bond donors (Lipinski definition) is 1. The van der Waals surface area contributed by atoms with Gasteiger partial charge in [0, 0.05) is 19.2 Å². The molecule has 1 N–H and O–H groups in total. The zero-order valence-electron chi connectivity index (χ0n) is 13.9. The Kier molecular flexibility index (Phi) is 5.78. The molecule has 0 aliphatic carbocycles. The molecule has 0 unspecified atom stereocenters. The molecule has 0 saturated heterocycles. The van der Waals surface area contributed by atoms with Crippen LogP contribution in [0.1, 0.15) is 11.3 Å². The van der Waals surface area contributed by atoms with Crippen LogP contribution in [0.3, 0.4) is 0 Å². The Labute approximate surface area is 165 Å². The molecular weight excluding hydrogens is 423 g/mol. The van der Waals surface area contributed by atoms with Crippen LogP contribution >= 0.6 is 35.1 Å². The number of aromatic nitrogens is 2. The zero-order valence-corrected chi connectivity index (χ0v) is 16.3. The van der Waals surface area contributed by atoms with Crippen LogP contribution in [0.5, 0.6) is 0 Å². The number of hydrogen-bond acceptors (Lipinski definition) is 5. The van der Waals surface area contributed by atoms with Gasteiger partial charge in [0.15, 0.2) is 5.16 Å². The second-order valence-corrected chi connectivity index (χ2v) is 8.12. The SMILES string of the molecule is Cn1c(SCC(=O)Nc2cc(C(F)(F)F)ccc2Cl)nc2c(c1=O)SCC2. The first kappa shape index (κ1) is 20.1. The van der Waals surface area contributed by atoms with Gasteiger partial charge >= 0.3 is 6.18 Å². The maximum absolute atomic E-state index is 12.8. The fourth-order valence-corrected chi connectivity index (χ4v) is 4.43. The molecule has 5 nitrogen and oxygen atoms in total. The quantitative estimate of drug-likeness (QED) is 0.584. The summed E-state index contributed by atoms with van der Waals surface area (Å²) in [6.07, 6.45) is -3.85. The van der Waals surface area contributed by atoms with E-state index < -0.39 is 17.6 Å². The zero-order chi connectivity index (χ0) is 19.8. The van der Waals surface area contributed by atoms with E-state index in [4.69, 9.17) is 11.6 Å². The third-order valence-corrected chi connectivity index (χ3v) is 6.23. The second-order valence-electron chi connectivity index (χ2n) is 5.66. The van der Waals surface area contributed by atoms with Crippen LogP contribution < -0.4 is 10.9 Å². The lowest BCUT2D eigenvalue weighted by molar-refractivity contribution is -0.137. The summed E-state index contributed by atoms with van der Waals surface area (Å²) in [6, 6.07) is 2.71. The molecule has 1 aromatic carbocycles. The highest BCUT2D eigenvalue weighted by Gasteiger charge is 2.31. The molecule has 2 heterocycles. The average molecular weight is 436 g/mol. The molecule has 0 atom stereocenters. The lowest BCUT2D eigenvalue weighted by atomic mass is 10.2. The van der Waals surface area contributed by atoms with Crippen LogP contribution in [-0.4, -0.2) is 27.0 Å². The summed E-state index contributed by atoms with van der Waals surface area (Å²) in [5.41, 5.74) is -0.474. The van der Waals surface area contributed by atoms with Crippen molar-refractivity contribution in [1.82, 2.24) is 9.55 Å². The second kappa shape index (κ2) is 7.76. The number of carbonyl (C=O) groups is 1. The molecule has 0 fully saturated rings. The van der Waals surface area contributed by atoms with Crippen LogP contribution in [0.2, 0.25) is 5.02 Å². The summed E-state index contributed by atoms with van der Waals surface area (Å²) in [4.78, 5) is 29.4. The number of rotatable bonds is 4. The number of nitrogens with one attached hydrogen (secondary N) is 1. The van der Waals surface area contributed by atoms with Gasteiger partial charge in [-0.25, -0.2) is 4.98 Å². The Hall–Kier alpha value is -1.65. The van der Waals surface area contributed by atoms with Crippen LogP contribution in [0.15, 0.2) is 33.0 Å². The summed E-state index contributed by atoms with van der Waals surface area (Å²) >= 11 is 8.36. The summed E-state index contributed by atoms with van der Waals surface area (Å²) < 4.78 is 39.8. The van der Waals surface area contributed by atoms with Crippen molar-refractivity contribution in [3.05, 3.63) is 44.8 Å². The number of alkyl halides is 3. The maximum atomic E-state index is 12.8. The Morgan fingerprint density at radius 3 is 2.89 bits per heavy atom. The first-order chi connectivity index (χ1) is 12.7. The summed E-state index contributed by atoms with van der Waals surface area (Å²) in [5, 5.41) is 2.75. The number of benzene rings is 1. The monoisotopic (exact) mass is 435 g/mol. The van der Waals surface area contributed by atoms with E-state index in [-0.39, 0.29) is 22.0 Å². The smallest absolute Gasteiger partial charge is 0.324 e. The van der Waals surface area contributed by atoms with Crippen LogP contribution in [0.25, 0.3) is 0 Å². The van der Waals surface area contributed by atoms with Gasteiger partial charge in [-0.15, -0.1) is 11.8 Å². The molecule has 1 aliphatic heterocycles. The minimum atomic E-state index is -4.54. The molecule has 1 amide bonds. The normalized spacial score (nSPS) is 13.5. The van der Waals surface area contributed by atoms with E-state index >= 15 is 0 Å². The van der Waals surface area contributed by atoms with Gasteiger partial charge in [-0.05, 0) is 18.2 Å². The summed E-state index contributed by atoms with van der Waals surface area (Å²) in [6.45, 7) is 0. The van der Waals surface area contributed by atoms with Crippen molar-refractivity contribution in [2.45, 2.75) is 22.6 Å². The highest BCUT2D eigenvalue weighted by Crippen LogP contribution is 2.34. The van der Waals surface area contributed by atoms with Gasteiger partial charge in [-0.1, -0.05) is 23.4 Å². The molecule has 27 heavy (non-hydrogen) atoms. The van der Waals surface area contributed by atoms with Gasteiger partial charge in [0.25, 0.3) is 5.56 Å². The van der Waals surface area contributed by atoms with Gasteiger partial charge in [0.05, 0.1) is 32.6 Å². The average Bonchev–Trinajstić information content (AvgIpc) is 3.06. The van der Waals surface area contributed by atoms with E-state index in [1.165, 1.54) is 16.3 Å². The van der Waals surface area contributed by atoms with E-state index in [1.807, 2.05) is 0 Å². The molecule has 1 aromatic heterocycles. The number of nitrogens with zero attached hydrogens (tertiary/aromatic N) is 2. The number of fused-ring (bicyclic) bond motifs is 1. The van der Waals surface area contributed by atoms with E-state index in [0.29, 0.717) is 22.2 Å². The predicted molar refractivity (Wildman–Crippen MR) is 99.7 cm³/mol. The van der Waals surface area contributed by atoms with Crippen LogP contribution in [0, 0.1) is 0 Å². The molecule has 2 aromatic rings. The number of carbonyl (C=O) groups excluding carboxylic acids is 1. The third kappa shape index (κ3) is 4.44. The summed E-state index contributed by atoms with van der Waals surface area (Å²) in [5.74, 6) is 0.115. The van der Waals surface area contributed by atoms with Crippen molar-refractivity contribution in [3.8, 4) is 0 Å². The van der Waals surface area contributed by atoms with Crippen LogP contribution in [0.4, 0.5) is 18.9 Å². The fourth-order valence-electron chi connectivity index (χ4n) is 2.41. The Balaban J connectivity index is 1.71. The van der Waals surface area contributed by atoms with Crippen molar-refractivity contribution in [1.29, 1.82) is 0 Å². The largest absolute Gasteiger partial charge is 0.416 e. The molecule has 3 rings (SSSR count). The lowest BCUT2D eigenvalue weighted by Crippen LogP contribution is -2.23. The van der Waals surface area contributed by atoms with E-state index in [1.54, 1.807) is 7.05 Å². The van der Waals surface area contributed by atoms with Crippen molar-refractivity contribution in [2.75, 3.05) is 16.8 Å². The first-order valence-corrected chi connectivity index (χ1v) is 10.0. The Bertz CT molecular complexity index is 963. The Morgan fingerprint density at radius 1 is 1.44 bits per heavy atom. The number of amides is 1. The number of thioether (sulfide) groups is 2. The molecule has 144 valence electrons. The van der Waals surface area contributed by atoms with E-state index in [0.717, 1.165) is 35.7 Å². The molecule has 1 aliphatic rings. The van der Waals surface area contributed by atoms with Gasteiger partial charge in [-0.3, -0.25) is 14.2 Å².